The third-order valence-electron chi connectivity index (χ3n) is 2.97. The Bertz CT molecular complexity index is 911. The Labute approximate surface area is 134 Å². The van der Waals surface area contributed by atoms with Crippen LogP contribution in [0.3, 0.4) is 0 Å². The molecule has 0 radical (unpaired) electrons. The minimum absolute atomic E-state index is 0.284. The molecule has 0 aliphatic heterocycles. The van der Waals surface area contributed by atoms with Crippen LogP contribution in [-0.4, -0.2) is 25.8 Å². The molecule has 0 atom stereocenters. The van der Waals surface area contributed by atoms with Gasteiger partial charge in [-0.1, -0.05) is 0 Å². The molecule has 0 spiro atoms. The second-order valence-electron chi connectivity index (χ2n) is 4.64. The molecule has 0 bridgehead atoms. The topological polar surface area (TPSA) is 113 Å². The first-order valence-corrected chi connectivity index (χ1v) is 6.82. The summed E-state index contributed by atoms with van der Waals surface area (Å²) in [5.41, 5.74) is 0.210. The predicted octanol–water partition coefficient (Wildman–Crippen LogP) is 1.69. The fraction of sp³-hybridized carbons (Fsp3) is 0. The highest BCUT2D eigenvalue weighted by Gasteiger charge is 2.10. The average Bonchev–Trinajstić information content (AvgIpc) is 2.60. The number of nitrogens with one attached hydrogen (secondary N) is 3. The Morgan fingerprint density at radius 3 is 2.50 bits per heavy atom. The third kappa shape index (κ3) is 3.58. The largest absolute Gasteiger partial charge is 0.346 e. The molecule has 24 heavy (non-hydrogen) atoms. The molecule has 0 aliphatic rings. The normalized spacial score (nSPS) is 10.2. The van der Waals surface area contributed by atoms with Crippen molar-refractivity contribution in [3.05, 3.63) is 70.8 Å². The van der Waals surface area contributed by atoms with E-state index in [2.05, 4.69) is 30.6 Å². The summed E-state index contributed by atoms with van der Waals surface area (Å²) in [5, 5.41) is 5.25. The Kier molecular flexibility index (Phi) is 4.23. The lowest BCUT2D eigenvalue weighted by Gasteiger charge is -2.07. The van der Waals surface area contributed by atoms with E-state index < -0.39 is 17.4 Å². The molecule has 0 fully saturated rings. The lowest BCUT2D eigenvalue weighted by Crippen LogP contribution is -2.19. The molecule has 3 rings (SSSR count). The van der Waals surface area contributed by atoms with E-state index in [0.717, 1.165) is 6.20 Å². The number of hydrogen-bond acceptors (Lipinski definition) is 6. The van der Waals surface area contributed by atoms with Crippen LogP contribution in [0, 0.1) is 5.82 Å². The number of amides is 1. The predicted molar refractivity (Wildman–Crippen MR) is 84.5 cm³/mol. The van der Waals surface area contributed by atoms with Gasteiger partial charge in [0.1, 0.15) is 0 Å². The van der Waals surface area contributed by atoms with E-state index in [-0.39, 0.29) is 11.4 Å². The van der Waals surface area contributed by atoms with Crippen LogP contribution < -0.4 is 16.3 Å². The van der Waals surface area contributed by atoms with E-state index in [0.29, 0.717) is 11.6 Å². The van der Waals surface area contributed by atoms with Gasteiger partial charge in [-0.05, 0) is 30.3 Å². The van der Waals surface area contributed by atoms with Gasteiger partial charge in [0.2, 0.25) is 5.95 Å². The molecule has 2 aromatic heterocycles. The molecule has 2 heterocycles. The number of halogens is 1. The number of benzene rings is 1. The highest BCUT2D eigenvalue weighted by atomic mass is 19.1. The van der Waals surface area contributed by atoms with Crippen LogP contribution >= 0.6 is 0 Å². The fourth-order valence-electron chi connectivity index (χ4n) is 1.85. The number of nitrogens with zero attached hydrogens (tertiary/aromatic N) is 3. The zero-order chi connectivity index (χ0) is 16.9. The first-order valence-electron chi connectivity index (χ1n) is 6.82. The smallest absolute Gasteiger partial charge is 0.324 e. The zero-order valence-corrected chi connectivity index (χ0v) is 12.2. The monoisotopic (exact) mass is 326 g/mol. The van der Waals surface area contributed by atoms with Gasteiger partial charge in [-0.2, -0.15) is 4.98 Å². The molecule has 0 aliphatic carbocycles. The van der Waals surface area contributed by atoms with Crippen molar-refractivity contribution in [1.29, 1.82) is 0 Å². The van der Waals surface area contributed by atoms with E-state index in [4.69, 9.17) is 0 Å². The van der Waals surface area contributed by atoms with Gasteiger partial charge < -0.3 is 10.6 Å². The van der Waals surface area contributed by atoms with E-state index in [1.165, 1.54) is 12.1 Å². The van der Waals surface area contributed by atoms with Crippen molar-refractivity contribution in [2.75, 3.05) is 10.6 Å². The van der Waals surface area contributed by atoms with Crippen molar-refractivity contribution in [3.8, 4) is 0 Å². The summed E-state index contributed by atoms with van der Waals surface area (Å²) in [6.07, 6.45) is 3.93. The highest BCUT2D eigenvalue weighted by Crippen LogP contribution is 2.15. The number of carbonyl (C=O) groups excluding carboxylic acids is 1. The molecule has 3 N–H and O–H groups in total. The van der Waals surface area contributed by atoms with Crippen LogP contribution in [-0.2, 0) is 0 Å². The van der Waals surface area contributed by atoms with Gasteiger partial charge in [-0.3, -0.25) is 9.78 Å². The standard InChI is InChI=1S/C15H11FN6O2/c16-11-8-19-15(24)22-12(11)21-13(23)9-2-4-10(5-3-9)20-14-17-6-1-7-18-14/h1-8H,(H,17,18,20)(H2,19,21,22,23,24). The van der Waals surface area contributed by atoms with Gasteiger partial charge in [-0.25, -0.2) is 19.2 Å². The van der Waals surface area contributed by atoms with E-state index >= 15 is 0 Å². The van der Waals surface area contributed by atoms with Crippen LogP contribution in [0.1, 0.15) is 10.4 Å². The SMILES string of the molecule is O=C(Nc1[nH]c(=O)ncc1F)c1ccc(Nc2ncccn2)cc1. The zero-order valence-electron chi connectivity index (χ0n) is 12.2. The molecule has 1 aromatic carbocycles. The summed E-state index contributed by atoms with van der Waals surface area (Å²) in [6.45, 7) is 0. The summed E-state index contributed by atoms with van der Waals surface area (Å²) in [7, 11) is 0. The molecule has 120 valence electrons. The van der Waals surface area contributed by atoms with Crippen molar-refractivity contribution in [2.24, 2.45) is 0 Å². The molecule has 1 amide bonds. The highest BCUT2D eigenvalue weighted by molar-refractivity contribution is 6.04. The number of rotatable bonds is 4. The number of carbonyl (C=O) groups is 1. The van der Waals surface area contributed by atoms with Crippen LogP contribution in [0.15, 0.2) is 53.7 Å². The van der Waals surface area contributed by atoms with Crippen molar-refractivity contribution in [3.63, 3.8) is 0 Å². The van der Waals surface area contributed by atoms with Gasteiger partial charge in [0.05, 0.1) is 6.20 Å². The minimum atomic E-state index is -0.831. The summed E-state index contributed by atoms with van der Waals surface area (Å²) in [5.74, 6) is -1.31. The van der Waals surface area contributed by atoms with Crippen LogP contribution in [0.5, 0.6) is 0 Å². The van der Waals surface area contributed by atoms with Crippen LogP contribution in [0.2, 0.25) is 0 Å². The summed E-state index contributed by atoms with van der Waals surface area (Å²) >= 11 is 0. The number of aromatic amines is 1. The molecular weight excluding hydrogens is 315 g/mol. The second-order valence-corrected chi connectivity index (χ2v) is 4.64. The summed E-state index contributed by atoms with van der Waals surface area (Å²) < 4.78 is 13.5. The maximum absolute atomic E-state index is 13.5. The minimum Gasteiger partial charge on any atom is -0.324 e. The van der Waals surface area contributed by atoms with Crippen LogP contribution in [0.25, 0.3) is 0 Å². The lowest BCUT2D eigenvalue weighted by molar-refractivity contribution is 0.102. The number of H-pyrrole nitrogens is 1. The number of aromatic nitrogens is 4. The van der Waals surface area contributed by atoms with E-state index in [1.54, 1.807) is 30.6 Å². The number of hydrogen-bond donors (Lipinski definition) is 3. The molecule has 3 aromatic rings. The molecule has 0 unspecified atom stereocenters. The first-order chi connectivity index (χ1) is 11.6. The fourth-order valence-corrected chi connectivity index (χ4v) is 1.85. The van der Waals surface area contributed by atoms with Crippen molar-refractivity contribution in [2.45, 2.75) is 0 Å². The van der Waals surface area contributed by atoms with Gasteiger partial charge in [0.15, 0.2) is 11.6 Å². The number of anilines is 3. The van der Waals surface area contributed by atoms with Crippen LogP contribution in [0.4, 0.5) is 21.8 Å². The quantitative estimate of drug-likeness (QED) is 0.672. The molecular formula is C15H11FN6O2. The van der Waals surface area contributed by atoms with Crippen molar-refractivity contribution < 1.29 is 9.18 Å². The Hall–Kier alpha value is -3.62. The van der Waals surface area contributed by atoms with E-state index in [1.807, 2.05) is 0 Å². The first kappa shape index (κ1) is 15.3. The molecule has 0 saturated carbocycles. The summed E-state index contributed by atoms with van der Waals surface area (Å²) in [6, 6.07) is 8.07. The maximum Gasteiger partial charge on any atom is 0.346 e. The lowest BCUT2D eigenvalue weighted by atomic mass is 10.2. The van der Waals surface area contributed by atoms with Gasteiger partial charge in [0, 0.05) is 23.6 Å². The van der Waals surface area contributed by atoms with Gasteiger partial charge in [0.25, 0.3) is 5.91 Å². The Morgan fingerprint density at radius 2 is 1.79 bits per heavy atom. The molecule has 0 saturated heterocycles. The second kappa shape index (κ2) is 6.65. The van der Waals surface area contributed by atoms with Gasteiger partial charge in [-0.15, -0.1) is 0 Å². The average molecular weight is 326 g/mol. The molecule has 9 heteroatoms. The van der Waals surface area contributed by atoms with Crippen molar-refractivity contribution >= 4 is 23.4 Å². The molecule has 8 nitrogen and oxygen atoms in total. The van der Waals surface area contributed by atoms with E-state index in [9.17, 15) is 14.0 Å². The maximum atomic E-state index is 13.5. The van der Waals surface area contributed by atoms with Gasteiger partial charge >= 0.3 is 5.69 Å². The van der Waals surface area contributed by atoms with Crippen molar-refractivity contribution in [1.82, 2.24) is 19.9 Å². The third-order valence-corrected chi connectivity index (χ3v) is 2.97. The Balaban J connectivity index is 1.72. The Morgan fingerprint density at radius 1 is 1.08 bits per heavy atom. The summed E-state index contributed by atoms with van der Waals surface area (Å²) in [4.78, 5) is 36.5.